The molecule has 2 aromatic rings. The topological polar surface area (TPSA) is 42.5 Å². The maximum absolute atomic E-state index is 5.40. The second kappa shape index (κ2) is 16.5. The van der Waals surface area contributed by atoms with Crippen molar-refractivity contribution in [3.05, 3.63) is 48.5 Å². The van der Waals surface area contributed by atoms with Crippen LogP contribution in [-0.4, -0.2) is 18.3 Å². The first-order valence-corrected chi connectivity index (χ1v) is 7.65. The number of nitrogens with one attached hydrogen (secondary N) is 2. The molecule has 0 amide bonds. The molecule has 0 radical (unpaired) electrons. The molecule has 0 aliphatic carbocycles. The van der Waals surface area contributed by atoms with Crippen molar-refractivity contribution in [3.8, 4) is 11.5 Å². The van der Waals surface area contributed by atoms with Gasteiger partial charge in [-0.2, -0.15) is 0 Å². The summed E-state index contributed by atoms with van der Waals surface area (Å²) in [6, 6.07) is 15.3. The Bertz CT molecular complexity index is 563. The Balaban J connectivity index is -0.00000132. The van der Waals surface area contributed by atoms with Gasteiger partial charge in [-0.1, -0.05) is 0 Å². The molecule has 0 saturated carbocycles. The molecule has 0 saturated heterocycles. The van der Waals surface area contributed by atoms with E-state index < -0.39 is 0 Å². The Morgan fingerprint density at radius 3 is 1.31 bits per heavy atom. The zero-order chi connectivity index (χ0) is 15.8. The van der Waals surface area contributed by atoms with Gasteiger partial charge in [-0.3, -0.25) is 0 Å². The maximum Gasteiger partial charge on any atom is 0.175 e. The average Bonchev–Trinajstić information content (AvgIpc) is 2.52. The molecule has 9 heteroatoms. The second-order valence-electron chi connectivity index (χ2n) is 4.49. The van der Waals surface area contributed by atoms with Crippen molar-refractivity contribution in [2.45, 2.75) is 13.8 Å². The van der Waals surface area contributed by atoms with E-state index in [-0.39, 0.29) is 58.9 Å². The number of hydrogen-bond donors (Lipinski definition) is 2. The third-order valence-electron chi connectivity index (χ3n) is 2.85. The van der Waals surface area contributed by atoms with Gasteiger partial charge in [0.15, 0.2) is 5.11 Å². The van der Waals surface area contributed by atoms with E-state index in [1.165, 1.54) is 0 Å². The molecule has 2 aromatic carbocycles. The van der Waals surface area contributed by atoms with Crippen molar-refractivity contribution in [1.82, 2.24) is 0 Å². The molecule has 144 valence electrons. The molecule has 0 heterocycles. The Morgan fingerprint density at radius 1 is 0.731 bits per heavy atom. The molecule has 4 nitrogen and oxygen atoms in total. The summed E-state index contributed by atoms with van der Waals surface area (Å²) < 4.78 is 10.8. The van der Waals surface area contributed by atoms with Crippen LogP contribution in [0.3, 0.4) is 0 Å². The standard InChI is InChI=1S/C17H20N2O2S.3ClH.Ti/c1-3-20-15-9-5-13(6-10-15)18-17(22)19-14-7-11-16(12-8-14)21-4-2;;;;/h5-12H,3-4H2,1-2H3,(H2,18,19,22);3*1H;. The summed E-state index contributed by atoms with van der Waals surface area (Å²) in [6.45, 7) is 5.24. The first-order chi connectivity index (χ1) is 10.7. The number of thiocarbonyl (C=S) groups is 1. The number of anilines is 2. The van der Waals surface area contributed by atoms with Crippen molar-refractivity contribution >= 4 is 65.9 Å². The molecule has 0 unspecified atom stereocenters. The van der Waals surface area contributed by atoms with Gasteiger partial charge in [0.25, 0.3) is 0 Å². The summed E-state index contributed by atoms with van der Waals surface area (Å²) in [6.07, 6.45) is 0. The largest absolute Gasteiger partial charge is 0.494 e. The zero-order valence-electron chi connectivity index (χ0n) is 14.5. The molecule has 2 N–H and O–H groups in total. The summed E-state index contributed by atoms with van der Waals surface area (Å²) in [4.78, 5) is 0. The quantitative estimate of drug-likeness (QED) is 0.425. The van der Waals surface area contributed by atoms with Gasteiger partial charge in [0, 0.05) is 33.1 Å². The summed E-state index contributed by atoms with van der Waals surface area (Å²) in [7, 11) is 0. The molecular weight excluding hydrogens is 450 g/mol. The van der Waals surface area contributed by atoms with Crippen LogP contribution in [-0.2, 0) is 21.7 Å². The van der Waals surface area contributed by atoms with E-state index in [2.05, 4.69) is 10.6 Å². The molecule has 0 fully saturated rings. The van der Waals surface area contributed by atoms with Crippen LogP contribution in [0.25, 0.3) is 0 Å². The third-order valence-corrected chi connectivity index (χ3v) is 3.05. The van der Waals surface area contributed by atoms with Crippen molar-refractivity contribution in [2.75, 3.05) is 23.8 Å². The van der Waals surface area contributed by atoms with Crippen LogP contribution in [0.15, 0.2) is 48.5 Å². The fourth-order valence-electron chi connectivity index (χ4n) is 1.90. The first kappa shape index (κ1) is 30.1. The van der Waals surface area contributed by atoms with Gasteiger partial charge in [0.05, 0.1) is 13.2 Å². The van der Waals surface area contributed by atoms with E-state index in [1.54, 1.807) is 0 Å². The molecule has 0 aliphatic rings. The number of ether oxygens (including phenoxy) is 2. The van der Waals surface area contributed by atoms with Crippen LogP contribution in [0.4, 0.5) is 11.4 Å². The maximum atomic E-state index is 5.40. The molecule has 0 atom stereocenters. The number of halogens is 3. The first-order valence-electron chi connectivity index (χ1n) is 7.25. The van der Waals surface area contributed by atoms with Gasteiger partial charge in [-0.25, -0.2) is 0 Å². The van der Waals surface area contributed by atoms with E-state index >= 15 is 0 Å². The second-order valence-corrected chi connectivity index (χ2v) is 4.90. The minimum Gasteiger partial charge on any atom is -0.494 e. The average molecular weight is 474 g/mol. The summed E-state index contributed by atoms with van der Waals surface area (Å²) in [5.74, 6) is 1.69. The van der Waals surface area contributed by atoms with Crippen LogP contribution in [0, 0.1) is 0 Å². The molecule has 0 aliphatic heterocycles. The predicted molar refractivity (Wildman–Crippen MR) is 117 cm³/mol. The monoisotopic (exact) mass is 472 g/mol. The minimum absolute atomic E-state index is 0. The molecule has 2 rings (SSSR count). The van der Waals surface area contributed by atoms with Gasteiger partial charge in [-0.15, -0.1) is 37.2 Å². The van der Waals surface area contributed by atoms with Crippen molar-refractivity contribution in [2.24, 2.45) is 0 Å². The Hall–Kier alpha value is -0.686. The van der Waals surface area contributed by atoms with Crippen LogP contribution < -0.4 is 20.1 Å². The SMILES string of the molecule is CCOc1ccc(NC(=S)Nc2ccc(OCC)cc2)cc1.Cl.Cl.Cl.[Ti]. The van der Waals surface area contributed by atoms with E-state index in [4.69, 9.17) is 21.7 Å². The number of hydrogen-bond acceptors (Lipinski definition) is 3. The van der Waals surface area contributed by atoms with E-state index in [9.17, 15) is 0 Å². The third kappa shape index (κ3) is 10.5. The molecule has 0 bridgehead atoms. The van der Waals surface area contributed by atoms with Gasteiger partial charge in [-0.05, 0) is 74.6 Å². The van der Waals surface area contributed by atoms with Crippen LogP contribution in [0.2, 0.25) is 0 Å². The fraction of sp³-hybridized carbons (Fsp3) is 0.235. The van der Waals surface area contributed by atoms with E-state index in [0.29, 0.717) is 18.3 Å². The van der Waals surface area contributed by atoms with Crippen LogP contribution >= 0.6 is 49.4 Å². The molecular formula is C17H23Cl3N2O2STi. The van der Waals surface area contributed by atoms with Crippen LogP contribution in [0.5, 0.6) is 11.5 Å². The van der Waals surface area contributed by atoms with Gasteiger partial charge < -0.3 is 20.1 Å². The number of rotatable bonds is 6. The van der Waals surface area contributed by atoms with E-state index in [0.717, 1.165) is 22.9 Å². The Morgan fingerprint density at radius 2 is 1.04 bits per heavy atom. The Labute approximate surface area is 193 Å². The molecule has 0 aromatic heterocycles. The summed E-state index contributed by atoms with van der Waals surface area (Å²) in [5.41, 5.74) is 1.82. The summed E-state index contributed by atoms with van der Waals surface area (Å²) >= 11 is 5.30. The smallest absolute Gasteiger partial charge is 0.175 e. The molecule has 26 heavy (non-hydrogen) atoms. The van der Waals surface area contributed by atoms with Crippen molar-refractivity contribution < 1.29 is 31.2 Å². The predicted octanol–water partition coefficient (Wildman–Crippen LogP) is 5.56. The fourth-order valence-corrected chi connectivity index (χ4v) is 2.13. The normalized spacial score (nSPS) is 8.38. The minimum atomic E-state index is 0. The Kier molecular flexibility index (Phi) is 19.1. The summed E-state index contributed by atoms with van der Waals surface area (Å²) in [5, 5.41) is 6.80. The number of benzene rings is 2. The van der Waals surface area contributed by atoms with Gasteiger partial charge in [0.1, 0.15) is 11.5 Å². The van der Waals surface area contributed by atoms with Crippen molar-refractivity contribution in [3.63, 3.8) is 0 Å². The molecule has 0 spiro atoms. The van der Waals surface area contributed by atoms with Crippen molar-refractivity contribution in [1.29, 1.82) is 0 Å². The van der Waals surface area contributed by atoms with E-state index in [1.807, 2.05) is 62.4 Å². The van der Waals surface area contributed by atoms with Crippen LogP contribution in [0.1, 0.15) is 13.8 Å². The van der Waals surface area contributed by atoms with Gasteiger partial charge >= 0.3 is 0 Å². The zero-order valence-corrected chi connectivity index (χ0v) is 19.3. The van der Waals surface area contributed by atoms with Gasteiger partial charge in [0.2, 0.25) is 0 Å².